The summed E-state index contributed by atoms with van der Waals surface area (Å²) in [6.45, 7) is 6.51. The number of benzene rings is 1. The van der Waals surface area contributed by atoms with E-state index < -0.39 is 0 Å². The van der Waals surface area contributed by atoms with Gasteiger partial charge in [-0.3, -0.25) is 4.79 Å². The Morgan fingerprint density at radius 2 is 2.00 bits per heavy atom. The minimum atomic E-state index is -0.104. The molecule has 108 valence electrons. The molecule has 0 saturated heterocycles. The minimum absolute atomic E-state index is 0.0208. The SMILES string of the molecule is CC(C)(C)c1ccc(/C=N/OCC(=O)NC2CC2)cc1. The molecule has 0 spiro atoms. The Hall–Kier alpha value is -1.84. The lowest BCUT2D eigenvalue weighted by Crippen LogP contribution is -2.28. The Morgan fingerprint density at radius 3 is 2.55 bits per heavy atom. The molecule has 1 amide bonds. The second kappa shape index (κ2) is 6.07. The van der Waals surface area contributed by atoms with Crippen molar-refractivity contribution in [1.29, 1.82) is 0 Å². The lowest BCUT2D eigenvalue weighted by Gasteiger charge is -2.18. The van der Waals surface area contributed by atoms with Crippen molar-refractivity contribution >= 4 is 12.1 Å². The first kappa shape index (κ1) is 14.6. The Kier molecular flexibility index (Phi) is 4.42. The van der Waals surface area contributed by atoms with Crippen LogP contribution in [0.4, 0.5) is 0 Å². The normalized spacial score (nSPS) is 15.3. The summed E-state index contributed by atoms with van der Waals surface area (Å²) in [7, 11) is 0. The van der Waals surface area contributed by atoms with Crippen molar-refractivity contribution in [2.45, 2.75) is 45.1 Å². The van der Waals surface area contributed by atoms with Gasteiger partial charge >= 0.3 is 0 Å². The summed E-state index contributed by atoms with van der Waals surface area (Å²) in [6.07, 6.45) is 3.78. The summed E-state index contributed by atoms with van der Waals surface area (Å²) in [5.74, 6) is -0.104. The molecule has 2 rings (SSSR count). The molecule has 1 fully saturated rings. The second-order valence-electron chi connectivity index (χ2n) is 6.22. The molecule has 1 aromatic rings. The Balaban J connectivity index is 1.77. The molecule has 0 bridgehead atoms. The van der Waals surface area contributed by atoms with E-state index in [0.717, 1.165) is 18.4 Å². The van der Waals surface area contributed by atoms with Gasteiger partial charge in [-0.15, -0.1) is 0 Å². The summed E-state index contributed by atoms with van der Waals surface area (Å²) in [4.78, 5) is 16.3. The fourth-order valence-corrected chi connectivity index (χ4v) is 1.76. The van der Waals surface area contributed by atoms with Crippen molar-refractivity contribution in [2.24, 2.45) is 5.16 Å². The smallest absolute Gasteiger partial charge is 0.260 e. The molecule has 0 aliphatic heterocycles. The van der Waals surface area contributed by atoms with Gasteiger partial charge in [0.1, 0.15) is 0 Å². The van der Waals surface area contributed by atoms with Crippen LogP contribution < -0.4 is 5.32 Å². The standard InChI is InChI=1S/C16H22N2O2/c1-16(2,3)13-6-4-12(5-7-13)10-17-20-11-15(19)18-14-8-9-14/h4-7,10,14H,8-9,11H2,1-3H3,(H,18,19)/b17-10+. The number of nitrogens with one attached hydrogen (secondary N) is 1. The van der Waals surface area contributed by atoms with Gasteiger partial charge in [0.2, 0.25) is 0 Å². The van der Waals surface area contributed by atoms with Crippen molar-refractivity contribution in [1.82, 2.24) is 5.32 Å². The van der Waals surface area contributed by atoms with E-state index in [4.69, 9.17) is 4.84 Å². The number of nitrogens with zero attached hydrogens (tertiary/aromatic N) is 1. The molecule has 4 heteroatoms. The lowest BCUT2D eigenvalue weighted by molar-refractivity contribution is -0.125. The number of hydrogen-bond acceptors (Lipinski definition) is 3. The van der Waals surface area contributed by atoms with Gasteiger partial charge < -0.3 is 10.2 Å². The molecule has 0 unspecified atom stereocenters. The Labute approximate surface area is 120 Å². The van der Waals surface area contributed by atoms with Crippen LogP contribution in [0.2, 0.25) is 0 Å². The van der Waals surface area contributed by atoms with Crippen molar-refractivity contribution in [3.63, 3.8) is 0 Å². The first-order chi connectivity index (χ1) is 9.45. The predicted octanol–water partition coefficient (Wildman–Crippen LogP) is 2.61. The van der Waals surface area contributed by atoms with Crippen LogP contribution in [0.25, 0.3) is 0 Å². The maximum Gasteiger partial charge on any atom is 0.260 e. The van der Waals surface area contributed by atoms with E-state index in [-0.39, 0.29) is 17.9 Å². The van der Waals surface area contributed by atoms with E-state index in [1.165, 1.54) is 5.56 Å². The molecule has 1 aliphatic carbocycles. The molecule has 1 aliphatic rings. The third-order valence-corrected chi connectivity index (χ3v) is 3.19. The minimum Gasteiger partial charge on any atom is -0.386 e. The molecule has 0 radical (unpaired) electrons. The molecule has 1 N–H and O–H groups in total. The predicted molar refractivity (Wildman–Crippen MR) is 79.9 cm³/mol. The quantitative estimate of drug-likeness (QED) is 0.663. The van der Waals surface area contributed by atoms with E-state index in [1.807, 2.05) is 12.1 Å². The topological polar surface area (TPSA) is 50.7 Å². The van der Waals surface area contributed by atoms with E-state index in [0.29, 0.717) is 6.04 Å². The number of rotatable bonds is 5. The van der Waals surface area contributed by atoms with Crippen LogP contribution in [0.1, 0.15) is 44.7 Å². The first-order valence-corrected chi connectivity index (χ1v) is 7.00. The highest BCUT2D eigenvalue weighted by Crippen LogP contribution is 2.21. The van der Waals surface area contributed by atoms with Gasteiger partial charge in [-0.1, -0.05) is 50.2 Å². The van der Waals surface area contributed by atoms with Crippen LogP contribution in [0, 0.1) is 0 Å². The monoisotopic (exact) mass is 274 g/mol. The highest BCUT2D eigenvalue weighted by Gasteiger charge is 2.23. The summed E-state index contributed by atoms with van der Waals surface area (Å²) in [5.41, 5.74) is 2.38. The average Bonchev–Trinajstić information content (AvgIpc) is 3.18. The van der Waals surface area contributed by atoms with Crippen LogP contribution in [-0.2, 0) is 15.0 Å². The van der Waals surface area contributed by atoms with Gasteiger partial charge in [0.25, 0.3) is 5.91 Å². The fourth-order valence-electron chi connectivity index (χ4n) is 1.76. The third kappa shape index (κ3) is 4.68. The van der Waals surface area contributed by atoms with Crippen LogP contribution >= 0.6 is 0 Å². The molecule has 1 saturated carbocycles. The van der Waals surface area contributed by atoms with E-state index in [2.05, 4.69) is 43.4 Å². The Morgan fingerprint density at radius 1 is 1.35 bits per heavy atom. The molecular weight excluding hydrogens is 252 g/mol. The molecular formula is C16H22N2O2. The Bertz CT molecular complexity index is 482. The van der Waals surface area contributed by atoms with Crippen molar-refractivity contribution in [3.8, 4) is 0 Å². The number of amides is 1. The maximum absolute atomic E-state index is 11.3. The number of carbonyl (C=O) groups is 1. The number of hydrogen-bond donors (Lipinski definition) is 1. The van der Waals surface area contributed by atoms with Gasteiger partial charge in [-0.05, 0) is 29.4 Å². The summed E-state index contributed by atoms with van der Waals surface area (Å²) < 4.78 is 0. The van der Waals surface area contributed by atoms with Gasteiger partial charge in [0.05, 0.1) is 6.21 Å². The van der Waals surface area contributed by atoms with Crippen LogP contribution in [0.3, 0.4) is 0 Å². The molecule has 1 aromatic carbocycles. The van der Waals surface area contributed by atoms with E-state index >= 15 is 0 Å². The summed E-state index contributed by atoms with van der Waals surface area (Å²) in [5, 5.41) is 6.65. The molecule has 0 aromatic heterocycles. The van der Waals surface area contributed by atoms with E-state index in [1.54, 1.807) is 6.21 Å². The van der Waals surface area contributed by atoms with Crippen molar-refractivity contribution < 1.29 is 9.63 Å². The maximum atomic E-state index is 11.3. The summed E-state index contributed by atoms with van der Waals surface area (Å²) in [6, 6.07) is 8.53. The van der Waals surface area contributed by atoms with Crippen molar-refractivity contribution in [2.75, 3.05) is 6.61 Å². The zero-order chi connectivity index (χ0) is 14.6. The van der Waals surface area contributed by atoms with Crippen LogP contribution in [0.5, 0.6) is 0 Å². The van der Waals surface area contributed by atoms with Crippen LogP contribution in [0.15, 0.2) is 29.4 Å². The molecule has 4 nitrogen and oxygen atoms in total. The first-order valence-electron chi connectivity index (χ1n) is 7.00. The molecule has 20 heavy (non-hydrogen) atoms. The lowest BCUT2D eigenvalue weighted by atomic mass is 9.87. The highest BCUT2D eigenvalue weighted by molar-refractivity contribution is 5.80. The largest absolute Gasteiger partial charge is 0.386 e. The molecule has 0 atom stereocenters. The van der Waals surface area contributed by atoms with E-state index in [9.17, 15) is 4.79 Å². The van der Waals surface area contributed by atoms with Gasteiger partial charge in [-0.2, -0.15) is 0 Å². The highest BCUT2D eigenvalue weighted by atomic mass is 16.6. The third-order valence-electron chi connectivity index (χ3n) is 3.19. The zero-order valence-corrected chi connectivity index (χ0v) is 12.3. The molecule has 0 heterocycles. The zero-order valence-electron chi connectivity index (χ0n) is 12.3. The van der Waals surface area contributed by atoms with Crippen molar-refractivity contribution in [3.05, 3.63) is 35.4 Å². The fraction of sp³-hybridized carbons (Fsp3) is 0.500. The number of carbonyl (C=O) groups excluding carboxylic acids is 1. The second-order valence-corrected chi connectivity index (χ2v) is 6.22. The average molecular weight is 274 g/mol. The summed E-state index contributed by atoms with van der Waals surface area (Å²) >= 11 is 0. The van der Waals surface area contributed by atoms with Gasteiger partial charge in [0.15, 0.2) is 6.61 Å². The van der Waals surface area contributed by atoms with Gasteiger partial charge in [-0.25, -0.2) is 0 Å². The van der Waals surface area contributed by atoms with Crippen LogP contribution in [-0.4, -0.2) is 24.8 Å². The van der Waals surface area contributed by atoms with Gasteiger partial charge in [0, 0.05) is 6.04 Å². The number of oxime groups is 1.